The predicted molar refractivity (Wildman–Crippen MR) is 73.9 cm³/mol. The summed E-state index contributed by atoms with van der Waals surface area (Å²) in [7, 11) is 1.49. The van der Waals surface area contributed by atoms with Crippen LogP contribution in [-0.2, 0) is 0 Å². The molecule has 0 aliphatic heterocycles. The molecule has 0 aromatic heterocycles. The Balaban J connectivity index is 2.17. The zero-order valence-corrected chi connectivity index (χ0v) is 11.2. The Morgan fingerprint density at radius 3 is 2.79 bits per heavy atom. The summed E-state index contributed by atoms with van der Waals surface area (Å²) in [4.78, 5) is 0. The molecule has 1 aromatic carbocycles. The standard InChI is InChI=1S/C14H21FN2O2/c1-19-14-8-12(9(15)7-10(14)16)17-11-5-3-2-4-6-13(11)18/h7-8,11,13,17-18H,2-6,16H2,1H3. The molecule has 1 fully saturated rings. The lowest BCUT2D eigenvalue weighted by Gasteiger charge is -2.23. The van der Waals surface area contributed by atoms with Gasteiger partial charge in [0.15, 0.2) is 0 Å². The van der Waals surface area contributed by atoms with Gasteiger partial charge < -0.3 is 20.9 Å². The van der Waals surface area contributed by atoms with Gasteiger partial charge in [-0.05, 0) is 12.8 Å². The fourth-order valence-electron chi connectivity index (χ4n) is 2.51. The van der Waals surface area contributed by atoms with Crippen LogP contribution >= 0.6 is 0 Å². The number of benzene rings is 1. The average Bonchev–Trinajstić information content (AvgIpc) is 2.58. The van der Waals surface area contributed by atoms with Crippen LogP contribution in [0, 0.1) is 5.82 Å². The summed E-state index contributed by atoms with van der Waals surface area (Å²) in [6.45, 7) is 0. The molecule has 5 heteroatoms. The zero-order valence-electron chi connectivity index (χ0n) is 11.2. The van der Waals surface area contributed by atoms with Crippen molar-refractivity contribution in [1.82, 2.24) is 0 Å². The van der Waals surface area contributed by atoms with Crippen LogP contribution in [0.1, 0.15) is 32.1 Å². The summed E-state index contributed by atoms with van der Waals surface area (Å²) < 4.78 is 19.0. The number of nitrogens with one attached hydrogen (secondary N) is 1. The van der Waals surface area contributed by atoms with Crippen molar-refractivity contribution in [3.63, 3.8) is 0 Å². The number of methoxy groups -OCH3 is 1. The van der Waals surface area contributed by atoms with Crippen molar-refractivity contribution >= 4 is 11.4 Å². The number of nitrogens with two attached hydrogens (primary N) is 1. The Kier molecular flexibility index (Phi) is 4.47. The van der Waals surface area contributed by atoms with E-state index in [2.05, 4.69) is 5.32 Å². The Bertz CT molecular complexity index is 440. The second-order valence-corrected chi connectivity index (χ2v) is 5.03. The number of aliphatic hydroxyl groups excluding tert-OH is 1. The van der Waals surface area contributed by atoms with Crippen LogP contribution in [0.3, 0.4) is 0 Å². The maximum Gasteiger partial charge on any atom is 0.148 e. The third-order valence-electron chi connectivity index (χ3n) is 3.64. The first kappa shape index (κ1) is 13.9. The molecule has 2 rings (SSSR count). The predicted octanol–water partition coefficient (Wildman–Crippen LogP) is 2.52. The highest BCUT2D eigenvalue weighted by atomic mass is 19.1. The Morgan fingerprint density at radius 2 is 2.05 bits per heavy atom. The lowest BCUT2D eigenvalue weighted by molar-refractivity contribution is 0.144. The van der Waals surface area contributed by atoms with E-state index in [-0.39, 0.29) is 11.7 Å². The van der Waals surface area contributed by atoms with Crippen molar-refractivity contribution < 1.29 is 14.2 Å². The molecule has 1 aliphatic rings. The summed E-state index contributed by atoms with van der Waals surface area (Å²) in [5.41, 5.74) is 6.24. The second-order valence-electron chi connectivity index (χ2n) is 5.03. The van der Waals surface area contributed by atoms with Crippen molar-refractivity contribution in [1.29, 1.82) is 0 Å². The topological polar surface area (TPSA) is 67.5 Å². The highest BCUT2D eigenvalue weighted by Gasteiger charge is 2.22. The maximum absolute atomic E-state index is 13.9. The van der Waals surface area contributed by atoms with Gasteiger partial charge in [-0.25, -0.2) is 4.39 Å². The number of ether oxygens (including phenoxy) is 1. The molecule has 19 heavy (non-hydrogen) atoms. The number of rotatable bonds is 3. The van der Waals surface area contributed by atoms with E-state index < -0.39 is 11.9 Å². The summed E-state index contributed by atoms with van der Waals surface area (Å²) in [5, 5.41) is 13.1. The number of nitrogen functional groups attached to an aromatic ring is 1. The summed E-state index contributed by atoms with van der Waals surface area (Å²) in [5.74, 6) is 0.0155. The van der Waals surface area contributed by atoms with E-state index in [1.807, 2.05) is 0 Å². The van der Waals surface area contributed by atoms with E-state index in [1.54, 1.807) is 6.07 Å². The highest BCUT2D eigenvalue weighted by molar-refractivity contribution is 5.62. The van der Waals surface area contributed by atoms with Gasteiger partial charge in [0, 0.05) is 12.1 Å². The molecule has 0 amide bonds. The van der Waals surface area contributed by atoms with Crippen LogP contribution in [-0.4, -0.2) is 24.4 Å². The first-order chi connectivity index (χ1) is 9.11. The van der Waals surface area contributed by atoms with Gasteiger partial charge >= 0.3 is 0 Å². The summed E-state index contributed by atoms with van der Waals surface area (Å²) in [6, 6.07) is 2.66. The van der Waals surface area contributed by atoms with Crippen LogP contribution in [0.15, 0.2) is 12.1 Å². The molecule has 0 spiro atoms. The van der Waals surface area contributed by atoms with Crippen LogP contribution in [0.5, 0.6) is 5.75 Å². The number of hydrogen-bond donors (Lipinski definition) is 3. The van der Waals surface area contributed by atoms with Gasteiger partial charge in [0.1, 0.15) is 11.6 Å². The van der Waals surface area contributed by atoms with Crippen molar-refractivity contribution in [3.8, 4) is 5.75 Å². The van der Waals surface area contributed by atoms with Gasteiger partial charge in [0.25, 0.3) is 0 Å². The summed E-state index contributed by atoms with van der Waals surface area (Å²) in [6.07, 6.45) is 4.34. The van der Waals surface area contributed by atoms with Gasteiger partial charge in [-0.15, -0.1) is 0 Å². The molecular weight excluding hydrogens is 247 g/mol. The molecule has 0 bridgehead atoms. The van der Waals surface area contributed by atoms with Crippen molar-refractivity contribution in [2.45, 2.75) is 44.2 Å². The average molecular weight is 268 g/mol. The molecule has 0 heterocycles. The normalized spacial score (nSPS) is 23.7. The molecule has 106 valence electrons. The lowest BCUT2D eigenvalue weighted by Crippen LogP contribution is -2.32. The Morgan fingerprint density at radius 1 is 1.32 bits per heavy atom. The van der Waals surface area contributed by atoms with Gasteiger partial charge in [0.2, 0.25) is 0 Å². The minimum absolute atomic E-state index is 0.120. The first-order valence-electron chi connectivity index (χ1n) is 6.69. The third-order valence-corrected chi connectivity index (χ3v) is 3.64. The van der Waals surface area contributed by atoms with E-state index in [0.29, 0.717) is 11.4 Å². The van der Waals surface area contributed by atoms with Crippen LogP contribution in [0.25, 0.3) is 0 Å². The minimum atomic E-state index is -0.439. The number of anilines is 2. The number of halogens is 1. The number of hydrogen-bond acceptors (Lipinski definition) is 4. The Hall–Kier alpha value is -1.49. The molecular formula is C14H21FN2O2. The maximum atomic E-state index is 13.9. The third kappa shape index (κ3) is 3.29. The monoisotopic (exact) mass is 268 g/mol. The van der Waals surface area contributed by atoms with Crippen LogP contribution in [0.4, 0.5) is 15.8 Å². The fraction of sp³-hybridized carbons (Fsp3) is 0.571. The van der Waals surface area contributed by atoms with E-state index >= 15 is 0 Å². The van der Waals surface area contributed by atoms with Crippen LogP contribution in [0.2, 0.25) is 0 Å². The fourth-order valence-corrected chi connectivity index (χ4v) is 2.51. The van der Waals surface area contributed by atoms with E-state index in [4.69, 9.17) is 10.5 Å². The SMILES string of the molecule is COc1cc(NC2CCCCCC2O)c(F)cc1N. The van der Waals surface area contributed by atoms with E-state index in [1.165, 1.54) is 13.2 Å². The van der Waals surface area contributed by atoms with Crippen molar-refractivity contribution in [2.75, 3.05) is 18.2 Å². The molecule has 1 aliphatic carbocycles. The molecule has 0 radical (unpaired) electrons. The number of aliphatic hydroxyl groups is 1. The minimum Gasteiger partial charge on any atom is -0.495 e. The Labute approximate surface area is 112 Å². The molecule has 2 unspecified atom stereocenters. The molecule has 2 atom stereocenters. The zero-order chi connectivity index (χ0) is 13.8. The quantitative estimate of drug-likeness (QED) is 0.582. The van der Waals surface area contributed by atoms with Gasteiger partial charge in [0.05, 0.1) is 30.6 Å². The van der Waals surface area contributed by atoms with Crippen LogP contribution < -0.4 is 15.8 Å². The van der Waals surface area contributed by atoms with E-state index in [9.17, 15) is 9.50 Å². The van der Waals surface area contributed by atoms with Gasteiger partial charge in [-0.3, -0.25) is 0 Å². The second kappa shape index (κ2) is 6.10. The molecule has 4 nitrogen and oxygen atoms in total. The molecule has 0 saturated heterocycles. The molecule has 1 saturated carbocycles. The largest absolute Gasteiger partial charge is 0.495 e. The summed E-state index contributed by atoms with van der Waals surface area (Å²) >= 11 is 0. The first-order valence-corrected chi connectivity index (χ1v) is 6.69. The molecule has 4 N–H and O–H groups in total. The smallest absolute Gasteiger partial charge is 0.148 e. The molecule has 1 aromatic rings. The highest BCUT2D eigenvalue weighted by Crippen LogP contribution is 2.30. The van der Waals surface area contributed by atoms with Crippen molar-refractivity contribution in [2.24, 2.45) is 0 Å². The van der Waals surface area contributed by atoms with Gasteiger partial charge in [-0.2, -0.15) is 0 Å². The van der Waals surface area contributed by atoms with Crippen molar-refractivity contribution in [3.05, 3.63) is 17.9 Å². The lowest BCUT2D eigenvalue weighted by atomic mass is 10.1. The van der Waals surface area contributed by atoms with Gasteiger partial charge in [-0.1, -0.05) is 19.3 Å². The van der Waals surface area contributed by atoms with E-state index in [0.717, 1.165) is 32.1 Å².